The summed E-state index contributed by atoms with van der Waals surface area (Å²) in [7, 11) is -3.86. The molecule has 2 N–H and O–H groups in total. The van der Waals surface area contributed by atoms with Crippen LogP contribution >= 0.6 is 0 Å². The topological polar surface area (TPSA) is 148 Å². The lowest BCUT2D eigenvalue weighted by Gasteiger charge is -2.32. The highest BCUT2D eigenvalue weighted by atomic mass is 32.2. The van der Waals surface area contributed by atoms with Crippen LogP contribution in [0.1, 0.15) is 24.4 Å². The lowest BCUT2D eigenvalue weighted by molar-refractivity contribution is -0.120. The predicted molar refractivity (Wildman–Crippen MR) is 141 cm³/mol. The molecular weight excluding hydrogens is 506 g/mol. The third-order valence-corrected chi connectivity index (χ3v) is 7.70. The molecule has 1 amide bonds. The molecule has 1 saturated heterocycles. The average molecular weight is 534 g/mol. The summed E-state index contributed by atoms with van der Waals surface area (Å²) >= 11 is 0. The van der Waals surface area contributed by atoms with Gasteiger partial charge in [-0.25, -0.2) is 38.1 Å². The first-order valence-corrected chi connectivity index (χ1v) is 13.6. The fourth-order valence-electron chi connectivity index (χ4n) is 4.27. The summed E-state index contributed by atoms with van der Waals surface area (Å²) < 4.78 is 29.6. The lowest BCUT2D eigenvalue weighted by Crippen LogP contribution is -2.38. The quantitative estimate of drug-likeness (QED) is 0.366. The van der Waals surface area contributed by atoms with Crippen molar-refractivity contribution >= 4 is 33.4 Å². The number of nitrogens with one attached hydrogen (secondary N) is 2. The largest absolute Gasteiger partial charge is 0.356 e. The van der Waals surface area contributed by atoms with E-state index in [4.69, 9.17) is 0 Å². The zero-order valence-corrected chi connectivity index (χ0v) is 21.8. The van der Waals surface area contributed by atoms with Crippen molar-refractivity contribution in [1.82, 2.24) is 29.5 Å². The Morgan fingerprint density at radius 2 is 1.68 bits per heavy atom. The Bertz CT molecular complexity index is 1550. The van der Waals surface area contributed by atoms with Crippen LogP contribution in [0.3, 0.4) is 0 Å². The number of benzene rings is 1. The first-order chi connectivity index (χ1) is 18.3. The summed E-state index contributed by atoms with van der Waals surface area (Å²) in [5, 5.41) is 2.90. The minimum Gasteiger partial charge on any atom is -0.356 e. The molecule has 38 heavy (non-hydrogen) atoms. The predicted octanol–water partition coefficient (Wildman–Crippen LogP) is 2.73. The fourth-order valence-corrected chi connectivity index (χ4v) is 5.22. The molecule has 0 radical (unpaired) electrons. The Kier molecular flexibility index (Phi) is 7.01. The molecule has 0 spiro atoms. The molecule has 13 heteroatoms. The Balaban J connectivity index is 1.17. The van der Waals surface area contributed by atoms with Crippen LogP contribution in [0.25, 0.3) is 5.82 Å². The van der Waals surface area contributed by atoms with Gasteiger partial charge in [0.05, 0.1) is 4.90 Å². The SMILES string of the molecule is Cc1ccnc(NS(=O)(=O)c2ccc(NC(=O)C3CCN(c4cc(-n5ccnc5C)ncn4)CC3)cc2)n1. The molecule has 0 atom stereocenters. The number of sulfonamides is 1. The Labute approximate surface area is 220 Å². The highest BCUT2D eigenvalue weighted by Gasteiger charge is 2.26. The first kappa shape index (κ1) is 25.3. The molecule has 1 aliphatic rings. The molecule has 0 saturated carbocycles. The van der Waals surface area contributed by atoms with Crippen molar-refractivity contribution in [2.24, 2.45) is 5.92 Å². The number of anilines is 3. The minimum absolute atomic E-state index is 0.00348. The normalized spacial score (nSPS) is 14.3. The summed E-state index contributed by atoms with van der Waals surface area (Å²) in [6.45, 7) is 5.02. The van der Waals surface area contributed by atoms with Crippen LogP contribution in [0.15, 0.2) is 66.2 Å². The fraction of sp³-hybridized carbons (Fsp3) is 0.280. The van der Waals surface area contributed by atoms with E-state index in [-0.39, 0.29) is 22.7 Å². The van der Waals surface area contributed by atoms with Gasteiger partial charge < -0.3 is 10.2 Å². The van der Waals surface area contributed by atoms with E-state index >= 15 is 0 Å². The van der Waals surface area contributed by atoms with Crippen LogP contribution in [-0.4, -0.2) is 56.9 Å². The van der Waals surface area contributed by atoms with Crippen molar-refractivity contribution in [3.63, 3.8) is 0 Å². The van der Waals surface area contributed by atoms with Gasteiger partial charge in [0.25, 0.3) is 10.0 Å². The Hall–Kier alpha value is -4.39. The van der Waals surface area contributed by atoms with Crippen LogP contribution in [0.5, 0.6) is 0 Å². The van der Waals surface area contributed by atoms with E-state index in [0.717, 1.165) is 17.5 Å². The van der Waals surface area contributed by atoms with E-state index in [1.165, 1.54) is 24.7 Å². The number of carbonyl (C=O) groups excluding carboxylic acids is 1. The lowest BCUT2D eigenvalue weighted by atomic mass is 9.96. The summed E-state index contributed by atoms with van der Waals surface area (Å²) in [5.41, 5.74) is 1.17. The van der Waals surface area contributed by atoms with Gasteiger partial charge in [0.1, 0.15) is 23.8 Å². The van der Waals surface area contributed by atoms with Crippen LogP contribution in [0.4, 0.5) is 17.5 Å². The maximum absolute atomic E-state index is 12.9. The van der Waals surface area contributed by atoms with Crippen LogP contribution in [-0.2, 0) is 14.8 Å². The van der Waals surface area contributed by atoms with Gasteiger partial charge in [-0.15, -0.1) is 0 Å². The number of hydrogen-bond acceptors (Lipinski definition) is 9. The van der Waals surface area contributed by atoms with Crippen molar-refractivity contribution in [3.05, 3.63) is 72.8 Å². The molecule has 1 aromatic carbocycles. The molecule has 1 aliphatic heterocycles. The third-order valence-electron chi connectivity index (χ3n) is 6.35. The smallest absolute Gasteiger partial charge is 0.264 e. The average Bonchev–Trinajstić information content (AvgIpc) is 3.35. The molecule has 1 fully saturated rings. The summed E-state index contributed by atoms with van der Waals surface area (Å²) in [4.78, 5) is 36.1. The maximum atomic E-state index is 12.9. The molecule has 4 heterocycles. The monoisotopic (exact) mass is 533 g/mol. The van der Waals surface area contributed by atoms with Gasteiger partial charge in [-0.05, 0) is 57.0 Å². The van der Waals surface area contributed by atoms with Crippen molar-refractivity contribution in [2.45, 2.75) is 31.6 Å². The number of imidazole rings is 1. The zero-order chi connectivity index (χ0) is 26.7. The second kappa shape index (κ2) is 10.5. The van der Waals surface area contributed by atoms with Gasteiger partial charge in [-0.2, -0.15) is 0 Å². The highest BCUT2D eigenvalue weighted by Crippen LogP contribution is 2.25. The number of carbonyl (C=O) groups is 1. The summed E-state index contributed by atoms with van der Waals surface area (Å²) in [6.07, 6.45) is 7.94. The standard InChI is InChI=1S/C25H27N9O3S/c1-17-7-10-27-25(30-17)32-38(36,37)21-5-3-20(4-6-21)31-24(35)19-8-12-33(13-9-19)22-15-23(29-16-28-22)34-14-11-26-18(34)2/h3-7,10-11,14-16,19H,8-9,12-13H2,1-2H3,(H,31,35)(H,27,30,32). The van der Waals surface area contributed by atoms with Gasteiger partial charge in [-0.1, -0.05) is 0 Å². The number of aryl methyl sites for hydroxylation is 2. The van der Waals surface area contributed by atoms with E-state index in [0.29, 0.717) is 37.3 Å². The van der Waals surface area contributed by atoms with Gasteiger partial charge in [-0.3, -0.25) is 9.36 Å². The van der Waals surface area contributed by atoms with E-state index in [1.54, 1.807) is 31.3 Å². The summed E-state index contributed by atoms with van der Waals surface area (Å²) in [6, 6.07) is 9.61. The summed E-state index contributed by atoms with van der Waals surface area (Å²) in [5.74, 6) is 2.15. The minimum atomic E-state index is -3.86. The second-order valence-electron chi connectivity index (χ2n) is 8.98. The van der Waals surface area contributed by atoms with Gasteiger partial charge >= 0.3 is 0 Å². The molecule has 0 bridgehead atoms. The van der Waals surface area contributed by atoms with E-state index < -0.39 is 10.0 Å². The number of nitrogens with zero attached hydrogens (tertiary/aromatic N) is 7. The highest BCUT2D eigenvalue weighted by molar-refractivity contribution is 7.92. The van der Waals surface area contributed by atoms with Gasteiger partial charge in [0.2, 0.25) is 11.9 Å². The van der Waals surface area contributed by atoms with Crippen LogP contribution in [0, 0.1) is 19.8 Å². The van der Waals surface area contributed by atoms with E-state index in [9.17, 15) is 13.2 Å². The molecule has 196 valence electrons. The maximum Gasteiger partial charge on any atom is 0.264 e. The van der Waals surface area contributed by atoms with E-state index in [1.807, 2.05) is 23.8 Å². The van der Waals surface area contributed by atoms with Crippen molar-refractivity contribution in [1.29, 1.82) is 0 Å². The molecular formula is C25H27N9O3S. The second-order valence-corrected chi connectivity index (χ2v) is 10.7. The van der Waals surface area contributed by atoms with Crippen LogP contribution < -0.4 is 14.9 Å². The molecule has 5 rings (SSSR count). The third kappa shape index (κ3) is 5.62. The van der Waals surface area contributed by atoms with Crippen LogP contribution in [0.2, 0.25) is 0 Å². The van der Waals surface area contributed by atoms with Gasteiger partial charge in [0, 0.05) is 55.0 Å². The Morgan fingerprint density at radius 3 is 2.37 bits per heavy atom. The molecule has 4 aromatic rings. The van der Waals surface area contributed by atoms with Gasteiger partial charge in [0.15, 0.2) is 0 Å². The van der Waals surface area contributed by atoms with Crippen molar-refractivity contribution < 1.29 is 13.2 Å². The zero-order valence-electron chi connectivity index (χ0n) is 20.9. The van der Waals surface area contributed by atoms with Crippen molar-refractivity contribution in [2.75, 3.05) is 28.0 Å². The number of aromatic nitrogens is 6. The number of amides is 1. The molecule has 0 aliphatic carbocycles. The first-order valence-electron chi connectivity index (χ1n) is 12.1. The Morgan fingerprint density at radius 1 is 0.947 bits per heavy atom. The number of piperidine rings is 1. The number of hydrogen-bond donors (Lipinski definition) is 2. The van der Waals surface area contributed by atoms with E-state index in [2.05, 4.69) is 39.9 Å². The molecule has 0 unspecified atom stereocenters. The van der Waals surface area contributed by atoms with Crippen molar-refractivity contribution in [3.8, 4) is 5.82 Å². The number of rotatable bonds is 7. The molecule has 3 aromatic heterocycles. The molecule has 12 nitrogen and oxygen atoms in total.